The van der Waals surface area contributed by atoms with Gasteiger partial charge in [-0.25, -0.2) is 15.0 Å². The molecule has 3 aromatic rings. The van der Waals surface area contributed by atoms with Crippen molar-refractivity contribution in [3.63, 3.8) is 0 Å². The van der Waals surface area contributed by atoms with E-state index in [1.807, 2.05) is 19.1 Å². The molecule has 0 amide bonds. The zero-order chi connectivity index (χ0) is 12.4. The van der Waals surface area contributed by atoms with E-state index in [1.165, 1.54) is 6.33 Å². The monoisotopic (exact) mass is 240 g/mol. The lowest BCUT2D eigenvalue weighted by atomic mass is 10.2. The number of rotatable bonds is 3. The van der Waals surface area contributed by atoms with E-state index in [-0.39, 0.29) is 0 Å². The molecule has 2 N–H and O–H groups in total. The van der Waals surface area contributed by atoms with E-state index in [1.54, 1.807) is 12.4 Å². The van der Waals surface area contributed by atoms with Crippen LogP contribution in [0.25, 0.3) is 22.3 Å². The first kappa shape index (κ1) is 10.6. The Morgan fingerprint density at radius 3 is 2.94 bits per heavy atom. The van der Waals surface area contributed by atoms with Crippen molar-refractivity contribution in [1.29, 1.82) is 0 Å². The number of hydrogen-bond acceptors (Lipinski definition) is 5. The minimum Gasteiger partial charge on any atom is -0.370 e. The third-order valence-corrected chi connectivity index (χ3v) is 2.64. The SMILES string of the molecule is CCNc1nccc2[nH]nc(-c3ccncn3)c12. The molecular formula is C12H12N6. The minimum atomic E-state index is 0.781. The van der Waals surface area contributed by atoms with Crippen molar-refractivity contribution in [2.75, 3.05) is 11.9 Å². The normalized spacial score (nSPS) is 10.7. The van der Waals surface area contributed by atoms with Gasteiger partial charge in [0, 0.05) is 18.9 Å². The van der Waals surface area contributed by atoms with Gasteiger partial charge in [0.25, 0.3) is 0 Å². The van der Waals surface area contributed by atoms with Gasteiger partial charge in [-0.1, -0.05) is 0 Å². The molecule has 3 aromatic heterocycles. The fourth-order valence-electron chi connectivity index (χ4n) is 1.88. The van der Waals surface area contributed by atoms with E-state index in [9.17, 15) is 0 Å². The molecule has 0 aliphatic carbocycles. The zero-order valence-corrected chi connectivity index (χ0v) is 9.88. The molecule has 0 aromatic carbocycles. The molecule has 0 aliphatic rings. The lowest BCUT2D eigenvalue weighted by Crippen LogP contribution is -1.99. The summed E-state index contributed by atoms with van der Waals surface area (Å²) in [5, 5.41) is 11.5. The number of aromatic amines is 1. The molecule has 0 aliphatic heterocycles. The highest BCUT2D eigenvalue weighted by atomic mass is 15.1. The molecule has 0 unspecified atom stereocenters. The summed E-state index contributed by atoms with van der Waals surface area (Å²) in [6, 6.07) is 3.73. The summed E-state index contributed by atoms with van der Waals surface area (Å²) in [6.07, 6.45) is 4.97. The second-order valence-corrected chi connectivity index (χ2v) is 3.78. The molecule has 6 nitrogen and oxygen atoms in total. The Morgan fingerprint density at radius 1 is 1.22 bits per heavy atom. The van der Waals surface area contributed by atoms with E-state index in [0.29, 0.717) is 0 Å². The number of aromatic nitrogens is 5. The Hall–Kier alpha value is -2.50. The van der Waals surface area contributed by atoms with Crippen LogP contribution in [0.15, 0.2) is 30.9 Å². The molecule has 0 saturated carbocycles. The van der Waals surface area contributed by atoms with Crippen molar-refractivity contribution < 1.29 is 0 Å². The van der Waals surface area contributed by atoms with Crippen LogP contribution >= 0.6 is 0 Å². The van der Waals surface area contributed by atoms with Crippen LogP contribution in [-0.4, -0.2) is 31.7 Å². The summed E-state index contributed by atoms with van der Waals surface area (Å²) < 4.78 is 0. The average molecular weight is 240 g/mol. The van der Waals surface area contributed by atoms with Crippen molar-refractivity contribution in [1.82, 2.24) is 25.1 Å². The summed E-state index contributed by atoms with van der Waals surface area (Å²) in [5.41, 5.74) is 2.51. The topological polar surface area (TPSA) is 79.4 Å². The second kappa shape index (κ2) is 4.40. The number of H-pyrrole nitrogens is 1. The molecule has 6 heteroatoms. The smallest absolute Gasteiger partial charge is 0.137 e. The first-order valence-electron chi connectivity index (χ1n) is 5.73. The summed E-state index contributed by atoms with van der Waals surface area (Å²) in [6.45, 7) is 2.84. The Balaban J connectivity index is 2.24. The minimum absolute atomic E-state index is 0.781. The fourth-order valence-corrected chi connectivity index (χ4v) is 1.88. The van der Waals surface area contributed by atoms with Crippen molar-refractivity contribution in [2.24, 2.45) is 0 Å². The van der Waals surface area contributed by atoms with Crippen LogP contribution < -0.4 is 5.32 Å². The van der Waals surface area contributed by atoms with Crippen LogP contribution in [-0.2, 0) is 0 Å². The Labute approximate surface area is 104 Å². The van der Waals surface area contributed by atoms with Crippen molar-refractivity contribution in [3.8, 4) is 11.4 Å². The number of anilines is 1. The highest BCUT2D eigenvalue weighted by molar-refractivity contribution is 5.99. The maximum Gasteiger partial charge on any atom is 0.137 e. The van der Waals surface area contributed by atoms with Gasteiger partial charge in [0.05, 0.1) is 16.6 Å². The lowest BCUT2D eigenvalue weighted by Gasteiger charge is -2.04. The van der Waals surface area contributed by atoms with Gasteiger partial charge in [-0.15, -0.1) is 0 Å². The fraction of sp³-hybridized carbons (Fsp3) is 0.167. The van der Waals surface area contributed by atoms with Crippen LogP contribution in [0.5, 0.6) is 0 Å². The molecule has 18 heavy (non-hydrogen) atoms. The van der Waals surface area contributed by atoms with Crippen molar-refractivity contribution >= 4 is 16.7 Å². The third-order valence-electron chi connectivity index (χ3n) is 2.64. The quantitative estimate of drug-likeness (QED) is 0.730. The standard InChI is InChI=1S/C12H12N6/c1-2-14-12-10-8(4-6-15-12)17-18-11(10)9-3-5-13-7-16-9/h3-7H,2H2,1H3,(H,14,15)(H,17,18). The van der Waals surface area contributed by atoms with Gasteiger partial charge in [0.15, 0.2) is 0 Å². The molecule has 0 radical (unpaired) electrons. The summed E-state index contributed by atoms with van der Waals surface area (Å²) in [5.74, 6) is 0.817. The lowest BCUT2D eigenvalue weighted by molar-refractivity contribution is 1.09. The third kappa shape index (κ3) is 1.67. The molecule has 3 rings (SSSR count). The Morgan fingerprint density at radius 2 is 2.17 bits per heavy atom. The number of fused-ring (bicyclic) bond motifs is 1. The van der Waals surface area contributed by atoms with E-state index in [4.69, 9.17) is 0 Å². The number of pyridine rings is 1. The number of hydrogen-bond donors (Lipinski definition) is 2. The summed E-state index contributed by atoms with van der Waals surface area (Å²) in [7, 11) is 0. The molecule has 0 atom stereocenters. The average Bonchev–Trinajstić information content (AvgIpc) is 2.85. The van der Waals surface area contributed by atoms with Crippen LogP contribution in [0, 0.1) is 0 Å². The molecule has 3 heterocycles. The largest absolute Gasteiger partial charge is 0.370 e. The predicted molar refractivity (Wildman–Crippen MR) is 69.1 cm³/mol. The molecule has 0 saturated heterocycles. The van der Waals surface area contributed by atoms with Crippen LogP contribution in [0.3, 0.4) is 0 Å². The molecule has 0 fully saturated rings. The Bertz CT molecular complexity index is 661. The highest BCUT2D eigenvalue weighted by Gasteiger charge is 2.13. The van der Waals surface area contributed by atoms with Gasteiger partial charge in [-0.05, 0) is 19.1 Å². The molecule has 0 spiro atoms. The molecule has 0 bridgehead atoms. The van der Waals surface area contributed by atoms with E-state index in [0.717, 1.165) is 34.7 Å². The maximum atomic E-state index is 4.34. The predicted octanol–water partition coefficient (Wildman–Crippen LogP) is 1.85. The maximum absolute atomic E-state index is 4.34. The number of nitrogens with zero attached hydrogens (tertiary/aromatic N) is 4. The first-order chi connectivity index (χ1) is 8.90. The van der Waals surface area contributed by atoms with E-state index in [2.05, 4.69) is 30.5 Å². The van der Waals surface area contributed by atoms with Gasteiger partial charge in [-0.2, -0.15) is 5.10 Å². The Kier molecular flexibility index (Phi) is 2.60. The zero-order valence-electron chi connectivity index (χ0n) is 9.88. The molecular weight excluding hydrogens is 228 g/mol. The number of nitrogens with one attached hydrogen (secondary N) is 2. The van der Waals surface area contributed by atoms with Crippen LogP contribution in [0.1, 0.15) is 6.92 Å². The van der Waals surface area contributed by atoms with Gasteiger partial charge in [0.2, 0.25) is 0 Å². The van der Waals surface area contributed by atoms with Gasteiger partial charge in [-0.3, -0.25) is 5.10 Å². The summed E-state index contributed by atoms with van der Waals surface area (Å²) in [4.78, 5) is 12.5. The van der Waals surface area contributed by atoms with Gasteiger partial charge < -0.3 is 5.32 Å². The molecule has 90 valence electrons. The van der Waals surface area contributed by atoms with Crippen molar-refractivity contribution in [2.45, 2.75) is 6.92 Å². The first-order valence-corrected chi connectivity index (χ1v) is 5.73. The van der Waals surface area contributed by atoms with E-state index >= 15 is 0 Å². The summed E-state index contributed by atoms with van der Waals surface area (Å²) >= 11 is 0. The van der Waals surface area contributed by atoms with Gasteiger partial charge >= 0.3 is 0 Å². The van der Waals surface area contributed by atoms with Crippen molar-refractivity contribution in [3.05, 3.63) is 30.9 Å². The van der Waals surface area contributed by atoms with Gasteiger partial charge in [0.1, 0.15) is 17.8 Å². The van der Waals surface area contributed by atoms with Crippen LogP contribution in [0.2, 0.25) is 0 Å². The van der Waals surface area contributed by atoms with E-state index < -0.39 is 0 Å². The van der Waals surface area contributed by atoms with Crippen LogP contribution in [0.4, 0.5) is 5.82 Å². The highest BCUT2D eigenvalue weighted by Crippen LogP contribution is 2.28. The second-order valence-electron chi connectivity index (χ2n) is 3.78.